The molecule has 1 saturated carbocycles. The van der Waals surface area contributed by atoms with Crippen molar-refractivity contribution in [1.82, 2.24) is 4.98 Å². The lowest BCUT2D eigenvalue weighted by Crippen LogP contribution is -2.20. The number of pyridine rings is 1. The highest BCUT2D eigenvalue weighted by Crippen LogP contribution is 2.21. The van der Waals surface area contributed by atoms with Crippen LogP contribution in [0.15, 0.2) is 23.1 Å². The third-order valence-electron chi connectivity index (χ3n) is 2.59. The molecule has 1 aromatic rings. The normalized spacial score (nSPS) is 18.0. The SMILES string of the molecule is O=c1cc[nH]c(OC2CCCCC2)c1. The molecule has 1 aliphatic rings. The Labute approximate surface area is 83.1 Å². The van der Waals surface area contributed by atoms with Gasteiger partial charge in [-0.25, -0.2) is 0 Å². The maximum absolute atomic E-state index is 11.0. The Balaban J connectivity index is 1.99. The Bertz CT molecular complexity index is 339. The third-order valence-corrected chi connectivity index (χ3v) is 2.59. The molecule has 0 saturated heterocycles. The van der Waals surface area contributed by atoms with E-state index >= 15 is 0 Å². The van der Waals surface area contributed by atoms with E-state index in [0.717, 1.165) is 12.8 Å². The molecule has 0 radical (unpaired) electrons. The lowest BCUT2D eigenvalue weighted by Gasteiger charge is -2.22. The Morgan fingerprint density at radius 3 is 2.79 bits per heavy atom. The van der Waals surface area contributed by atoms with Crippen LogP contribution in [0.25, 0.3) is 0 Å². The van der Waals surface area contributed by atoms with E-state index < -0.39 is 0 Å². The van der Waals surface area contributed by atoms with Crippen LogP contribution in [0.3, 0.4) is 0 Å². The minimum absolute atomic E-state index is 0.00504. The molecule has 76 valence electrons. The van der Waals surface area contributed by atoms with Gasteiger partial charge in [0.05, 0.1) is 0 Å². The van der Waals surface area contributed by atoms with E-state index in [9.17, 15) is 4.79 Å². The number of aromatic amines is 1. The van der Waals surface area contributed by atoms with Crippen LogP contribution in [0.5, 0.6) is 5.88 Å². The van der Waals surface area contributed by atoms with Crippen LogP contribution in [0.1, 0.15) is 32.1 Å². The van der Waals surface area contributed by atoms with Crippen molar-refractivity contribution in [3.05, 3.63) is 28.6 Å². The van der Waals surface area contributed by atoms with E-state index in [4.69, 9.17) is 4.74 Å². The fourth-order valence-corrected chi connectivity index (χ4v) is 1.86. The standard InChI is InChI=1S/C11H15NO2/c13-9-6-7-12-11(8-9)14-10-4-2-1-3-5-10/h6-8,10H,1-5H2,(H,12,13). The summed E-state index contributed by atoms with van der Waals surface area (Å²) in [5.74, 6) is 0.601. The van der Waals surface area contributed by atoms with Crippen molar-refractivity contribution in [2.75, 3.05) is 0 Å². The molecule has 0 unspecified atom stereocenters. The van der Waals surface area contributed by atoms with Gasteiger partial charge in [0.1, 0.15) is 6.10 Å². The Morgan fingerprint density at radius 1 is 1.29 bits per heavy atom. The molecule has 0 aliphatic heterocycles. The highest BCUT2D eigenvalue weighted by molar-refractivity contribution is 5.10. The molecule has 1 aliphatic carbocycles. The molecule has 1 heterocycles. The summed E-state index contributed by atoms with van der Waals surface area (Å²) < 4.78 is 5.68. The minimum atomic E-state index is -0.00504. The molecule has 0 bridgehead atoms. The zero-order chi connectivity index (χ0) is 9.80. The number of nitrogens with one attached hydrogen (secondary N) is 1. The number of aromatic nitrogens is 1. The highest BCUT2D eigenvalue weighted by atomic mass is 16.5. The summed E-state index contributed by atoms with van der Waals surface area (Å²) >= 11 is 0. The molecule has 1 fully saturated rings. The van der Waals surface area contributed by atoms with Gasteiger partial charge in [-0.05, 0) is 25.7 Å². The first-order valence-corrected chi connectivity index (χ1v) is 5.20. The molecule has 0 spiro atoms. The van der Waals surface area contributed by atoms with Crippen LogP contribution < -0.4 is 10.2 Å². The first-order valence-electron chi connectivity index (χ1n) is 5.20. The molecule has 3 heteroatoms. The number of hydrogen-bond donors (Lipinski definition) is 1. The Morgan fingerprint density at radius 2 is 2.07 bits per heavy atom. The van der Waals surface area contributed by atoms with Gasteiger partial charge in [-0.1, -0.05) is 6.42 Å². The van der Waals surface area contributed by atoms with E-state index in [2.05, 4.69) is 4.98 Å². The molecular formula is C11H15NO2. The fourth-order valence-electron chi connectivity index (χ4n) is 1.86. The minimum Gasteiger partial charge on any atom is -0.476 e. The summed E-state index contributed by atoms with van der Waals surface area (Å²) in [4.78, 5) is 14.0. The van der Waals surface area contributed by atoms with Gasteiger partial charge in [0, 0.05) is 18.3 Å². The first kappa shape index (κ1) is 9.31. The number of hydrogen-bond acceptors (Lipinski definition) is 2. The highest BCUT2D eigenvalue weighted by Gasteiger charge is 2.14. The van der Waals surface area contributed by atoms with E-state index in [1.165, 1.54) is 31.4 Å². The summed E-state index contributed by atoms with van der Waals surface area (Å²) in [6, 6.07) is 3.00. The van der Waals surface area contributed by atoms with Crippen LogP contribution >= 0.6 is 0 Å². The third kappa shape index (κ3) is 2.37. The second kappa shape index (κ2) is 4.31. The molecule has 1 N–H and O–H groups in total. The smallest absolute Gasteiger partial charge is 0.194 e. The van der Waals surface area contributed by atoms with Crippen molar-refractivity contribution < 1.29 is 4.74 Å². The maximum Gasteiger partial charge on any atom is 0.194 e. The van der Waals surface area contributed by atoms with Crippen molar-refractivity contribution in [3.63, 3.8) is 0 Å². The zero-order valence-corrected chi connectivity index (χ0v) is 8.16. The average Bonchev–Trinajstić information content (AvgIpc) is 2.19. The van der Waals surface area contributed by atoms with Gasteiger partial charge in [-0.15, -0.1) is 0 Å². The van der Waals surface area contributed by atoms with E-state index in [1.807, 2.05) is 0 Å². The first-order chi connectivity index (χ1) is 6.84. The quantitative estimate of drug-likeness (QED) is 0.781. The van der Waals surface area contributed by atoms with E-state index in [1.54, 1.807) is 6.20 Å². The van der Waals surface area contributed by atoms with Crippen LogP contribution in [0.4, 0.5) is 0 Å². The summed E-state index contributed by atoms with van der Waals surface area (Å²) in [7, 11) is 0. The largest absolute Gasteiger partial charge is 0.476 e. The second-order valence-corrected chi connectivity index (χ2v) is 3.77. The molecule has 0 atom stereocenters. The van der Waals surface area contributed by atoms with Gasteiger partial charge >= 0.3 is 0 Å². The molecule has 14 heavy (non-hydrogen) atoms. The molecular weight excluding hydrogens is 178 g/mol. The van der Waals surface area contributed by atoms with Crippen molar-refractivity contribution in [1.29, 1.82) is 0 Å². The van der Waals surface area contributed by atoms with Gasteiger partial charge in [-0.3, -0.25) is 4.79 Å². The van der Waals surface area contributed by atoms with Crippen LogP contribution in [0, 0.1) is 0 Å². The topological polar surface area (TPSA) is 42.1 Å². The molecule has 1 aromatic heterocycles. The Hall–Kier alpha value is -1.25. The zero-order valence-electron chi connectivity index (χ0n) is 8.16. The summed E-state index contributed by atoms with van der Waals surface area (Å²) in [5, 5.41) is 0. The van der Waals surface area contributed by atoms with Gasteiger partial charge in [0.25, 0.3) is 0 Å². The molecule has 0 amide bonds. The monoisotopic (exact) mass is 193 g/mol. The van der Waals surface area contributed by atoms with Gasteiger partial charge in [0.15, 0.2) is 11.3 Å². The number of rotatable bonds is 2. The average molecular weight is 193 g/mol. The molecule has 2 rings (SSSR count). The van der Waals surface area contributed by atoms with Gasteiger partial charge < -0.3 is 9.72 Å². The van der Waals surface area contributed by atoms with Crippen molar-refractivity contribution >= 4 is 0 Å². The maximum atomic E-state index is 11.0. The summed E-state index contributed by atoms with van der Waals surface area (Å²) in [6.07, 6.45) is 7.92. The van der Waals surface area contributed by atoms with E-state index in [-0.39, 0.29) is 5.43 Å². The van der Waals surface area contributed by atoms with Crippen molar-refractivity contribution in [3.8, 4) is 5.88 Å². The second-order valence-electron chi connectivity index (χ2n) is 3.77. The number of H-pyrrole nitrogens is 1. The summed E-state index contributed by atoms with van der Waals surface area (Å²) in [5.41, 5.74) is -0.00504. The van der Waals surface area contributed by atoms with Crippen LogP contribution in [0.2, 0.25) is 0 Å². The van der Waals surface area contributed by atoms with Crippen LogP contribution in [-0.2, 0) is 0 Å². The predicted octanol–water partition coefficient (Wildman–Crippen LogP) is 2.09. The van der Waals surface area contributed by atoms with Crippen molar-refractivity contribution in [2.24, 2.45) is 0 Å². The predicted molar refractivity (Wildman–Crippen MR) is 54.6 cm³/mol. The van der Waals surface area contributed by atoms with E-state index in [0.29, 0.717) is 12.0 Å². The fraction of sp³-hybridized carbons (Fsp3) is 0.545. The van der Waals surface area contributed by atoms with Gasteiger partial charge in [-0.2, -0.15) is 0 Å². The lowest BCUT2D eigenvalue weighted by atomic mass is 9.98. The number of ether oxygens (including phenoxy) is 1. The molecule has 3 nitrogen and oxygen atoms in total. The summed E-state index contributed by atoms with van der Waals surface area (Å²) in [6.45, 7) is 0. The van der Waals surface area contributed by atoms with Crippen molar-refractivity contribution in [2.45, 2.75) is 38.2 Å². The lowest BCUT2D eigenvalue weighted by molar-refractivity contribution is 0.148. The van der Waals surface area contributed by atoms with Crippen LogP contribution in [-0.4, -0.2) is 11.1 Å². The van der Waals surface area contributed by atoms with Gasteiger partial charge in [0.2, 0.25) is 0 Å². The Kier molecular flexibility index (Phi) is 2.87. The molecule has 0 aromatic carbocycles.